The van der Waals surface area contributed by atoms with Crippen molar-refractivity contribution in [3.8, 4) is 11.8 Å². The van der Waals surface area contributed by atoms with E-state index in [-0.39, 0.29) is 12.3 Å². The van der Waals surface area contributed by atoms with Gasteiger partial charge in [-0.05, 0) is 48.0 Å². The van der Waals surface area contributed by atoms with E-state index in [2.05, 4.69) is 10.1 Å². The zero-order valence-corrected chi connectivity index (χ0v) is 10.8. The van der Waals surface area contributed by atoms with E-state index in [0.29, 0.717) is 16.8 Å². The summed E-state index contributed by atoms with van der Waals surface area (Å²) >= 11 is 0. The van der Waals surface area contributed by atoms with Gasteiger partial charge in [0, 0.05) is 12.2 Å². The molecule has 0 saturated heterocycles. The second-order valence-electron chi connectivity index (χ2n) is 4.17. The van der Waals surface area contributed by atoms with Crippen molar-refractivity contribution in [1.29, 1.82) is 5.26 Å². The van der Waals surface area contributed by atoms with Gasteiger partial charge in [0.2, 0.25) is 0 Å². The van der Waals surface area contributed by atoms with Crippen LogP contribution < -0.4 is 10.1 Å². The maximum Gasteiger partial charge on any atom is 0.387 e. The second kappa shape index (κ2) is 6.66. The number of nitrogens with one attached hydrogen (secondary N) is 1. The zero-order valence-electron chi connectivity index (χ0n) is 10.8. The number of nitrogens with zero attached hydrogens (tertiary/aromatic N) is 1. The molecule has 0 unspecified atom stereocenters. The number of benzene rings is 2. The molecular weight excluding hydrogens is 281 g/mol. The molecule has 0 saturated carbocycles. The van der Waals surface area contributed by atoms with E-state index in [1.165, 1.54) is 30.3 Å². The van der Waals surface area contributed by atoms with Crippen molar-refractivity contribution < 1.29 is 17.9 Å². The summed E-state index contributed by atoms with van der Waals surface area (Å²) in [6.07, 6.45) is 0. The van der Waals surface area contributed by atoms with Crippen molar-refractivity contribution in [2.24, 2.45) is 0 Å². The van der Waals surface area contributed by atoms with Crippen LogP contribution in [0.3, 0.4) is 0 Å². The maximum absolute atomic E-state index is 13.2. The van der Waals surface area contributed by atoms with E-state index in [1.54, 1.807) is 12.1 Å². The molecule has 0 aliphatic carbocycles. The Morgan fingerprint density at radius 2 is 1.86 bits per heavy atom. The Bertz CT molecular complexity index is 651. The summed E-state index contributed by atoms with van der Waals surface area (Å²) in [5.41, 5.74) is 1.54. The molecule has 0 amide bonds. The quantitative estimate of drug-likeness (QED) is 0.908. The summed E-state index contributed by atoms with van der Waals surface area (Å²) in [7, 11) is 0. The molecule has 0 heterocycles. The molecule has 6 heteroatoms. The fourth-order valence-corrected chi connectivity index (χ4v) is 1.77. The molecule has 0 radical (unpaired) electrons. The number of anilines is 1. The normalized spacial score (nSPS) is 10.2. The Labute approximate surface area is 119 Å². The summed E-state index contributed by atoms with van der Waals surface area (Å²) < 4.78 is 41.4. The van der Waals surface area contributed by atoms with Crippen LogP contribution in [0.5, 0.6) is 5.75 Å². The molecule has 108 valence electrons. The third-order valence-corrected chi connectivity index (χ3v) is 2.75. The van der Waals surface area contributed by atoms with Gasteiger partial charge in [-0.1, -0.05) is 0 Å². The van der Waals surface area contributed by atoms with Crippen LogP contribution >= 0.6 is 0 Å². The maximum atomic E-state index is 13.2. The molecule has 0 fully saturated rings. The van der Waals surface area contributed by atoms with Gasteiger partial charge in [0.15, 0.2) is 0 Å². The summed E-state index contributed by atoms with van der Waals surface area (Å²) in [5, 5.41) is 11.9. The highest BCUT2D eigenvalue weighted by atomic mass is 19.3. The molecule has 2 aromatic carbocycles. The average Bonchev–Trinajstić information content (AvgIpc) is 2.46. The molecule has 0 aliphatic rings. The molecule has 0 aromatic heterocycles. The van der Waals surface area contributed by atoms with Gasteiger partial charge in [-0.25, -0.2) is 4.39 Å². The molecule has 0 spiro atoms. The van der Waals surface area contributed by atoms with Crippen LogP contribution in [0.2, 0.25) is 0 Å². The van der Waals surface area contributed by atoms with Gasteiger partial charge in [0.05, 0.1) is 11.6 Å². The first-order chi connectivity index (χ1) is 10.1. The summed E-state index contributed by atoms with van der Waals surface area (Å²) in [6.45, 7) is -2.62. The third kappa shape index (κ3) is 4.14. The van der Waals surface area contributed by atoms with Gasteiger partial charge >= 0.3 is 6.61 Å². The number of halogens is 3. The standard InChI is InChI=1S/C15H11F3N2O/c16-12-2-1-10(8-19)11(7-12)9-20-13-3-5-14(6-4-13)21-15(17)18/h1-7,15,20H,9H2. The van der Waals surface area contributed by atoms with Gasteiger partial charge in [-0.3, -0.25) is 0 Å². The number of hydrogen-bond acceptors (Lipinski definition) is 3. The van der Waals surface area contributed by atoms with Crippen LogP contribution in [-0.2, 0) is 6.54 Å². The van der Waals surface area contributed by atoms with E-state index >= 15 is 0 Å². The topological polar surface area (TPSA) is 45.0 Å². The summed E-state index contributed by atoms with van der Waals surface area (Å²) in [5.74, 6) is -0.370. The molecule has 3 nitrogen and oxygen atoms in total. The highest BCUT2D eigenvalue weighted by molar-refractivity contribution is 5.48. The van der Waals surface area contributed by atoms with Gasteiger partial charge in [0.1, 0.15) is 11.6 Å². The highest BCUT2D eigenvalue weighted by Crippen LogP contribution is 2.19. The van der Waals surface area contributed by atoms with Gasteiger partial charge in [0.25, 0.3) is 0 Å². The van der Waals surface area contributed by atoms with E-state index in [0.717, 1.165) is 0 Å². The first kappa shape index (κ1) is 14.7. The molecule has 2 aromatic rings. The Balaban J connectivity index is 2.03. The lowest BCUT2D eigenvalue weighted by molar-refractivity contribution is -0.0498. The van der Waals surface area contributed by atoms with Crippen LogP contribution in [0, 0.1) is 17.1 Å². The monoisotopic (exact) mass is 292 g/mol. The zero-order chi connectivity index (χ0) is 15.2. The third-order valence-electron chi connectivity index (χ3n) is 2.75. The Morgan fingerprint density at radius 1 is 1.14 bits per heavy atom. The SMILES string of the molecule is N#Cc1ccc(F)cc1CNc1ccc(OC(F)F)cc1. The fraction of sp³-hybridized carbons (Fsp3) is 0.133. The van der Waals surface area contributed by atoms with E-state index in [4.69, 9.17) is 5.26 Å². The van der Waals surface area contributed by atoms with Crippen molar-refractivity contribution in [3.63, 3.8) is 0 Å². The van der Waals surface area contributed by atoms with E-state index < -0.39 is 12.4 Å². The molecule has 21 heavy (non-hydrogen) atoms. The van der Waals surface area contributed by atoms with Gasteiger partial charge < -0.3 is 10.1 Å². The van der Waals surface area contributed by atoms with Crippen LogP contribution in [0.4, 0.5) is 18.9 Å². The second-order valence-corrected chi connectivity index (χ2v) is 4.17. The van der Waals surface area contributed by atoms with Crippen molar-refractivity contribution in [2.45, 2.75) is 13.2 Å². The molecule has 2 rings (SSSR count). The molecule has 0 atom stereocenters. The number of alkyl halides is 2. The molecule has 0 bridgehead atoms. The number of ether oxygens (including phenoxy) is 1. The number of nitriles is 1. The largest absolute Gasteiger partial charge is 0.435 e. The molecule has 1 N–H and O–H groups in total. The number of hydrogen-bond donors (Lipinski definition) is 1. The van der Waals surface area contributed by atoms with Crippen LogP contribution in [0.15, 0.2) is 42.5 Å². The first-order valence-electron chi connectivity index (χ1n) is 6.06. The Hall–Kier alpha value is -2.68. The smallest absolute Gasteiger partial charge is 0.387 e. The Morgan fingerprint density at radius 3 is 2.48 bits per heavy atom. The van der Waals surface area contributed by atoms with Crippen molar-refractivity contribution in [2.75, 3.05) is 5.32 Å². The van der Waals surface area contributed by atoms with Crippen molar-refractivity contribution in [1.82, 2.24) is 0 Å². The Kier molecular flexibility index (Phi) is 4.67. The van der Waals surface area contributed by atoms with Gasteiger partial charge in [-0.15, -0.1) is 0 Å². The minimum Gasteiger partial charge on any atom is -0.435 e. The predicted molar refractivity (Wildman–Crippen MR) is 71.5 cm³/mol. The lowest BCUT2D eigenvalue weighted by Crippen LogP contribution is -2.03. The highest BCUT2D eigenvalue weighted by Gasteiger charge is 2.05. The first-order valence-corrected chi connectivity index (χ1v) is 6.06. The lowest BCUT2D eigenvalue weighted by atomic mass is 10.1. The molecule has 0 aliphatic heterocycles. The lowest BCUT2D eigenvalue weighted by Gasteiger charge is -2.09. The molecular formula is C15H11F3N2O. The summed E-state index contributed by atoms with van der Waals surface area (Å²) in [6, 6.07) is 11.8. The van der Waals surface area contributed by atoms with Crippen LogP contribution in [0.1, 0.15) is 11.1 Å². The van der Waals surface area contributed by atoms with Crippen molar-refractivity contribution in [3.05, 3.63) is 59.4 Å². The van der Waals surface area contributed by atoms with E-state index in [9.17, 15) is 13.2 Å². The summed E-state index contributed by atoms with van der Waals surface area (Å²) in [4.78, 5) is 0. The van der Waals surface area contributed by atoms with Crippen LogP contribution in [0.25, 0.3) is 0 Å². The van der Waals surface area contributed by atoms with Gasteiger partial charge in [-0.2, -0.15) is 14.0 Å². The minimum absolute atomic E-state index is 0.0546. The predicted octanol–water partition coefficient (Wildman–Crippen LogP) is 3.91. The minimum atomic E-state index is -2.87. The average molecular weight is 292 g/mol. The number of rotatable bonds is 5. The van der Waals surface area contributed by atoms with Crippen LogP contribution in [-0.4, -0.2) is 6.61 Å². The fourth-order valence-electron chi connectivity index (χ4n) is 1.77. The van der Waals surface area contributed by atoms with Crippen molar-refractivity contribution >= 4 is 5.69 Å². The van der Waals surface area contributed by atoms with E-state index in [1.807, 2.05) is 6.07 Å².